The van der Waals surface area contributed by atoms with Gasteiger partial charge in [0.15, 0.2) is 0 Å². The average molecular weight is 492 g/mol. The zero-order valence-electron chi connectivity index (χ0n) is 22.2. The highest BCUT2D eigenvalue weighted by atomic mass is 16.5. The number of carbonyl (C=O) groups excluding carboxylic acids is 3. The number of esters is 1. The lowest BCUT2D eigenvalue weighted by molar-refractivity contribution is -0.161. The summed E-state index contributed by atoms with van der Waals surface area (Å²) >= 11 is 0. The Labute approximate surface area is 216 Å². The van der Waals surface area contributed by atoms with Gasteiger partial charge in [-0.05, 0) is 49.1 Å². The number of Topliss-reactive ketones (excluding diaryl/α,β-unsaturated/α-hetero) is 1. The van der Waals surface area contributed by atoms with Crippen LogP contribution in [-0.4, -0.2) is 41.8 Å². The second-order valence-electron chi connectivity index (χ2n) is 11.0. The molecular weight excluding hydrogens is 450 g/mol. The molecule has 1 amide bonds. The minimum atomic E-state index is -0.789. The molecule has 2 atom stereocenters. The zero-order chi connectivity index (χ0) is 26.1. The number of ketones is 1. The Kier molecular flexibility index (Phi) is 9.86. The number of unbranched alkanes of at least 4 members (excludes halogenated alkanes) is 1. The fourth-order valence-corrected chi connectivity index (χ4v) is 4.93. The maximum atomic E-state index is 13.1. The maximum absolute atomic E-state index is 13.1. The molecule has 0 radical (unpaired) electrons. The van der Waals surface area contributed by atoms with E-state index >= 15 is 0 Å². The molecule has 5 heteroatoms. The van der Waals surface area contributed by atoms with Crippen LogP contribution in [0.1, 0.15) is 83.3 Å². The van der Waals surface area contributed by atoms with Crippen LogP contribution < -0.4 is 0 Å². The van der Waals surface area contributed by atoms with Crippen molar-refractivity contribution in [2.24, 2.45) is 11.3 Å². The monoisotopic (exact) mass is 491 g/mol. The molecule has 5 nitrogen and oxygen atoms in total. The molecule has 3 rings (SSSR count). The number of rotatable bonds is 10. The predicted molar refractivity (Wildman–Crippen MR) is 143 cm³/mol. The van der Waals surface area contributed by atoms with Gasteiger partial charge in [-0.25, -0.2) is 4.79 Å². The molecule has 0 saturated carbocycles. The van der Waals surface area contributed by atoms with Gasteiger partial charge in [-0.3, -0.25) is 9.59 Å². The van der Waals surface area contributed by atoms with E-state index in [-0.39, 0.29) is 17.8 Å². The molecule has 0 N–H and O–H groups in total. The Morgan fingerprint density at radius 3 is 2.08 bits per heavy atom. The number of likely N-dealkylation sites (tertiary alicyclic amines) is 1. The van der Waals surface area contributed by atoms with Crippen molar-refractivity contribution in [1.82, 2.24) is 4.90 Å². The molecular formula is C31H41NO4. The summed E-state index contributed by atoms with van der Waals surface area (Å²) in [4.78, 5) is 40.4. The highest BCUT2D eigenvalue weighted by Crippen LogP contribution is 2.35. The van der Waals surface area contributed by atoms with Gasteiger partial charge in [0.2, 0.25) is 5.78 Å². The van der Waals surface area contributed by atoms with Crippen LogP contribution in [0.25, 0.3) is 0 Å². The summed E-state index contributed by atoms with van der Waals surface area (Å²) in [6, 6.07) is 20.3. The topological polar surface area (TPSA) is 63.7 Å². The van der Waals surface area contributed by atoms with Crippen molar-refractivity contribution in [3.8, 4) is 0 Å². The standard InChI is InChI=1S/C31H41NO4/c1-5-6-21-36-30(35)27-22-23(19-20-32(27)29(34)28(33)31(2,3)4)17-18-26(24-13-9-7-10-14-24)25-15-11-8-12-16-25/h7-16,23,26-27H,5-6,17-22H2,1-4H3. The van der Waals surface area contributed by atoms with Gasteiger partial charge in [0.25, 0.3) is 5.91 Å². The van der Waals surface area contributed by atoms with Crippen molar-refractivity contribution in [3.05, 3.63) is 71.8 Å². The third kappa shape index (κ3) is 7.28. The van der Waals surface area contributed by atoms with Gasteiger partial charge < -0.3 is 9.64 Å². The highest BCUT2D eigenvalue weighted by Gasteiger charge is 2.41. The van der Waals surface area contributed by atoms with Crippen LogP contribution >= 0.6 is 0 Å². The van der Waals surface area contributed by atoms with Crippen LogP contribution in [0.4, 0.5) is 0 Å². The van der Waals surface area contributed by atoms with Crippen molar-refractivity contribution < 1.29 is 19.1 Å². The average Bonchev–Trinajstić information content (AvgIpc) is 2.88. The molecule has 1 fully saturated rings. The lowest BCUT2D eigenvalue weighted by Gasteiger charge is -2.39. The first-order valence-electron chi connectivity index (χ1n) is 13.3. The van der Waals surface area contributed by atoms with E-state index in [1.54, 1.807) is 20.8 Å². The number of hydrogen-bond acceptors (Lipinski definition) is 4. The van der Waals surface area contributed by atoms with E-state index in [2.05, 4.69) is 48.5 Å². The molecule has 1 saturated heterocycles. The van der Waals surface area contributed by atoms with E-state index in [4.69, 9.17) is 4.74 Å². The molecule has 1 heterocycles. The summed E-state index contributed by atoms with van der Waals surface area (Å²) in [5.74, 6) is -0.863. The lowest BCUT2D eigenvalue weighted by Crippen LogP contribution is -2.54. The number of hydrogen-bond donors (Lipinski definition) is 0. The fraction of sp³-hybridized carbons (Fsp3) is 0.516. The molecule has 0 aliphatic carbocycles. The minimum Gasteiger partial charge on any atom is -0.464 e. The van der Waals surface area contributed by atoms with E-state index < -0.39 is 23.1 Å². The first kappa shape index (κ1) is 27.6. The van der Waals surface area contributed by atoms with Gasteiger partial charge in [0.1, 0.15) is 6.04 Å². The smallest absolute Gasteiger partial charge is 0.328 e. The highest BCUT2D eigenvalue weighted by molar-refractivity contribution is 6.38. The van der Waals surface area contributed by atoms with Crippen LogP contribution in [0.3, 0.4) is 0 Å². The van der Waals surface area contributed by atoms with Gasteiger partial charge in [0, 0.05) is 17.9 Å². The molecule has 2 unspecified atom stereocenters. The normalized spacial score (nSPS) is 18.2. The summed E-state index contributed by atoms with van der Waals surface area (Å²) in [5, 5.41) is 0. The molecule has 0 aromatic heterocycles. The maximum Gasteiger partial charge on any atom is 0.328 e. The number of nitrogens with zero attached hydrogens (tertiary/aromatic N) is 1. The van der Waals surface area contributed by atoms with Crippen LogP contribution in [-0.2, 0) is 19.1 Å². The van der Waals surface area contributed by atoms with Crippen LogP contribution in [0, 0.1) is 11.3 Å². The number of amides is 1. The fourth-order valence-electron chi connectivity index (χ4n) is 4.93. The van der Waals surface area contributed by atoms with Gasteiger partial charge in [-0.15, -0.1) is 0 Å². The Morgan fingerprint density at radius 1 is 0.972 bits per heavy atom. The number of benzene rings is 2. The summed E-state index contributed by atoms with van der Waals surface area (Å²) in [6.07, 6.45) is 4.90. The second kappa shape index (κ2) is 12.8. The van der Waals surface area contributed by atoms with Gasteiger partial charge in [-0.1, -0.05) is 94.8 Å². The number of carbonyl (C=O) groups is 3. The van der Waals surface area contributed by atoms with Crippen molar-refractivity contribution in [3.63, 3.8) is 0 Å². The minimum absolute atomic E-state index is 0.268. The third-order valence-corrected chi connectivity index (χ3v) is 7.13. The molecule has 0 bridgehead atoms. The summed E-state index contributed by atoms with van der Waals surface area (Å²) in [6.45, 7) is 8.00. The van der Waals surface area contributed by atoms with E-state index in [1.807, 2.05) is 19.1 Å². The number of ether oxygens (including phenoxy) is 1. The van der Waals surface area contributed by atoms with Crippen LogP contribution in [0.5, 0.6) is 0 Å². The van der Waals surface area contributed by atoms with Gasteiger partial charge >= 0.3 is 5.97 Å². The SMILES string of the molecule is CCCCOC(=O)C1CC(CCC(c2ccccc2)c2ccccc2)CCN1C(=O)C(=O)C(C)(C)C. The first-order valence-corrected chi connectivity index (χ1v) is 13.3. The Morgan fingerprint density at radius 2 is 1.56 bits per heavy atom. The van der Waals surface area contributed by atoms with Crippen LogP contribution in [0.2, 0.25) is 0 Å². The van der Waals surface area contributed by atoms with Crippen molar-refractivity contribution in [1.29, 1.82) is 0 Å². The summed E-state index contributed by atoms with van der Waals surface area (Å²) in [7, 11) is 0. The molecule has 0 spiro atoms. The molecule has 2 aromatic carbocycles. The zero-order valence-corrected chi connectivity index (χ0v) is 22.2. The van der Waals surface area contributed by atoms with E-state index in [0.29, 0.717) is 19.6 Å². The van der Waals surface area contributed by atoms with E-state index in [0.717, 1.165) is 32.1 Å². The summed E-state index contributed by atoms with van der Waals surface area (Å²) in [5.41, 5.74) is 1.77. The van der Waals surface area contributed by atoms with E-state index in [9.17, 15) is 14.4 Å². The molecule has 1 aliphatic heterocycles. The Hall–Kier alpha value is -2.95. The lowest BCUT2D eigenvalue weighted by atomic mass is 9.80. The second-order valence-corrected chi connectivity index (χ2v) is 11.0. The molecule has 36 heavy (non-hydrogen) atoms. The molecule has 2 aromatic rings. The predicted octanol–water partition coefficient (Wildman–Crippen LogP) is 6.16. The first-order chi connectivity index (χ1) is 17.2. The van der Waals surface area contributed by atoms with Gasteiger partial charge in [-0.2, -0.15) is 0 Å². The Balaban J connectivity index is 1.75. The van der Waals surface area contributed by atoms with Crippen molar-refractivity contribution in [2.45, 2.75) is 78.2 Å². The quantitative estimate of drug-likeness (QED) is 0.227. The summed E-state index contributed by atoms with van der Waals surface area (Å²) < 4.78 is 5.54. The van der Waals surface area contributed by atoms with Crippen molar-refractivity contribution in [2.75, 3.05) is 13.2 Å². The van der Waals surface area contributed by atoms with Crippen molar-refractivity contribution >= 4 is 17.7 Å². The number of piperidine rings is 1. The third-order valence-electron chi connectivity index (χ3n) is 7.13. The van der Waals surface area contributed by atoms with E-state index in [1.165, 1.54) is 16.0 Å². The van der Waals surface area contributed by atoms with Gasteiger partial charge in [0.05, 0.1) is 6.61 Å². The molecule has 1 aliphatic rings. The largest absolute Gasteiger partial charge is 0.464 e. The van der Waals surface area contributed by atoms with Crippen LogP contribution in [0.15, 0.2) is 60.7 Å². The Bertz CT molecular complexity index is 957. The molecule has 194 valence electrons.